The van der Waals surface area contributed by atoms with Crippen LogP contribution in [0.4, 0.5) is 0 Å². The van der Waals surface area contributed by atoms with Crippen LogP contribution in [-0.4, -0.2) is 0 Å². The van der Waals surface area contributed by atoms with Crippen LogP contribution < -0.4 is 0 Å². The third kappa shape index (κ3) is 2.81. The van der Waals surface area contributed by atoms with E-state index >= 15 is 0 Å². The maximum Gasteiger partial charge on any atom is 0.0327 e. The van der Waals surface area contributed by atoms with Crippen molar-refractivity contribution in [3.05, 3.63) is 120 Å². The normalized spacial score (nSPS) is 11.1. The summed E-state index contributed by atoms with van der Waals surface area (Å²) in [7, 11) is 0. The SMILES string of the molecule is C(#Cc1cccc2cc3ccccc3cc12)c1cccc2cc3ccccc3cc12. The highest BCUT2D eigenvalue weighted by Crippen LogP contribution is 2.27. The monoisotopic (exact) mass is 378 g/mol. The van der Waals surface area contributed by atoms with Gasteiger partial charge in [0, 0.05) is 11.1 Å². The Morgan fingerprint density at radius 3 is 1.13 bits per heavy atom. The molecule has 0 aliphatic rings. The largest absolute Gasteiger partial charge is 0.0616 e. The lowest BCUT2D eigenvalue weighted by Crippen LogP contribution is -1.84. The maximum atomic E-state index is 3.46. The minimum absolute atomic E-state index is 1.07. The minimum atomic E-state index is 1.07. The lowest BCUT2D eigenvalue weighted by atomic mass is 9.98. The van der Waals surface area contributed by atoms with Gasteiger partial charge in [0.25, 0.3) is 0 Å². The molecule has 0 saturated carbocycles. The molecule has 0 heteroatoms. The van der Waals surface area contributed by atoms with Crippen LogP contribution in [0.15, 0.2) is 109 Å². The molecule has 0 unspecified atom stereocenters. The topological polar surface area (TPSA) is 0 Å². The quantitative estimate of drug-likeness (QED) is 0.188. The summed E-state index contributed by atoms with van der Waals surface area (Å²) in [6.45, 7) is 0. The molecular formula is C30H18. The highest BCUT2D eigenvalue weighted by molar-refractivity contribution is 6.02. The zero-order valence-electron chi connectivity index (χ0n) is 16.4. The number of hydrogen-bond acceptors (Lipinski definition) is 0. The average molecular weight is 378 g/mol. The van der Waals surface area contributed by atoms with Gasteiger partial charge in [-0.25, -0.2) is 0 Å². The van der Waals surface area contributed by atoms with Crippen LogP contribution >= 0.6 is 0 Å². The average Bonchev–Trinajstić information content (AvgIpc) is 2.80. The fourth-order valence-corrected chi connectivity index (χ4v) is 4.29. The van der Waals surface area contributed by atoms with Crippen molar-refractivity contribution in [3.8, 4) is 11.8 Å². The molecule has 0 nitrogen and oxygen atoms in total. The van der Waals surface area contributed by atoms with E-state index in [9.17, 15) is 0 Å². The lowest BCUT2D eigenvalue weighted by molar-refractivity contribution is 1.70. The third-order valence-electron chi connectivity index (χ3n) is 5.83. The second kappa shape index (κ2) is 6.76. The Balaban J connectivity index is 1.55. The smallest absolute Gasteiger partial charge is 0.0327 e. The van der Waals surface area contributed by atoms with Gasteiger partial charge in [-0.05, 0) is 79.5 Å². The summed E-state index contributed by atoms with van der Waals surface area (Å²) < 4.78 is 0. The summed E-state index contributed by atoms with van der Waals surface area (Å²) in [6, 6.07) is 38.7. The van der Waals surface area contributed by atoms with E-state index in [-0.39, 0.29) is 0 Å². The molecule has 0 saturated heterocycles. The molecule has 0 aliphatic carbocycles. The minimum Gasteiger partial charge on any atom is -0.0616 e. The van der Waals surface area contributed by atoms with Crippen molar-refractivity contribution in [3.63, 3.8) is 0 Å². The van der Waals surface area contributed by atoms with E-state index in [1.165, 1.54) is 43.1 Å². The van der Waals surface area contributed by atoms with Gasteiger partial charge in [-0.1, -0.05) is 84.6 Å². The Morgan fingerprint density at radius 2 is 0.700 bits per heavy atom. The van der Waals surface area contributed by atoms with Crippen LogP contribution in [0.2, 0.25) is 0 Å². The highest BCUT2D eigenvalue weighted by atomic mass is 14.1. The summed E-state index contributed by atoms with van der Waals surface area (Å²) in [5.74, 6) is 6.92. The van der Waals surface area contributed by atoms with Gasteiger partial charge in [0.15, 0.2) is 0 Å². The second-order valence-electron chi connectivity index (χ2n) is 7.70. The third-order valence-corrected chi connectivity index (χ3v) is 5.83. The number of hydrogen-bond donors (Lipinski definition) is 0. The zero-order chi connectivity index (χ0) is 19.9. The van der Waals surface area contributed by atoms with Gasteiger partial charge in [0.05, 0.1) is 0 Å². The molecule has 0 bridgehead atoms. The predicted molar refractivity (Wildman–Crippen MR) is 129 cm³/mol. The Labute approximate surface area is 175 Å². The summed E-state index contributed by atoms with van der Waals surface area (Å²) in [5.41, 5.74) is 2.13. The second-order valence-corrected chi connectivity index (χ2v) is 7.70. The van der Waals surface area contributed by atoms with E-state index in [1.807, 2.05) is 0 Å². The van der Waals surface area contributed by atoms with Crippen LogP contribution in [0.3, 0.4) is 0 Å². The molecule has 138 valence electrons. The van der Waals surface area contributed by atoms with Crippen molar-refractivity contribution in [2.45, 2.75) is 0 Å². The number of fused-ring (bicyclic) bond motifs is 4. The molecule has 0 fully saturated rings. The molecule has 6 rings (SSSR count). The van der Waals surface area contributed by atoms with E-state index < -0.39 is 0 Å². The molecule has 0 aliphatic heterocycles. The molecule has 0 amide bonds. The first-order valence-electron chi connectivity index (χ1n) is 10.2. The molecular weight excluding hydrogens is 360 g/mol. The van der Waals surface area contributed by atoms with Gasteiger partial charge in [-0.2, -0.15) is 0 Å². The van der Waals surface area contributed by atoms with Gasteiger partial charge in [0.1, 0.15) is 0 Å². The zero-order valence-corrected chi connectivity index (χ0v) is 16.4. The summed E-state index contributed by atoms with van der Waals surface area (Å²) >= 11 is 0. The molecule has 0 aromatic heterocycles. The Kier molecular flexibility index (Phi) is 3.79. The van der Waals surface area contributed by atoms with Crippen molar-refractivity contribution >= 4 is 43.1 Å². The van der Waals surface area contributed by atoms with Crippen LogP contribution in [0.1, 0.15) is 11.1 Å². The predicted octanol–water partition coefficient (Wildman–Crippen LogP) is 7.70. The van der Waals surface area contributed by atoms with E-state index in [4.69, 9.17) is 0 Å². The number of rotatable bonds is 0. The Hall–Kier alpha value is -4.08. The fourth-order valence-electron chi connectivity index (χ4n) is 4.29. The first-order chi connectivity index (χ1) is 14.8. The molecule has 6 aromatic rings. The Morgan fingerprint density at radius 1 is 0.333 bits per heavy atom. The van der Waals surface area contributed by atoms with Gasteiger partial charge >= 0.3 is 0 Å². The fraction of sp³-hybridized carbons (Fsp3) is 0. The van der Waals surface area contributed by atoms with Crippen LogP contribution in [0, 0.1) is 11.8 Å². The highest BCUT2D eigenvalue weighted by Gasteiger charge is 2.03. The molecule has 0 atom stereocenters. The lowest BCUT2D eigenvalue weighted by Gasteiger charge is -2.05. The molecule has 0 heterocycles. The standard InChI is InChI=1S/C30H18/c1-3-9-25-19-29-21(11-5-13-27(29)17-23(25)7-1)15-16-22-12-6-14-28-18-24-8-2-4-10-26(24)20-30(22)28/h1-14,17-20H. The number of benzene rings is 6. The summed E-state index contributed by atoms with van der Waals surface area (Å²) in [5, 5.41) is 9.87. The summed E-state index contributed by atoms with van der Waals surface area (Å²) in [4.78, 5) is 0. The first-order valence-corrected chi connectivity index (χ1v) is 10.2. The van der Waals surface area contributed by atoms with Crippen molar-refractivity contribution in [2.24, 2.45) is 0 Å². The van der Waals surface area contributed by atoms with Crippen LogP contribution in [0.25, 0.3) is 43.1 Å². The van der Waals surface area contributed by atoms with Crippen molar-refractivity contribution in [2.75, 3.05) is 0 Å². The Bertz CT molecular complexity index is 1520. The molecule has 0 spiro atoms. The van der Waals surface area contributed by atoms with E-state index in [1.54, 1.807) is 0 Å². The van der Waals surface area contributed by atoms with Crippen LogP contribution in [-0.2, 0) is 0 Å². The van der Waals surface area contributed by atoms with E-state index in [0.29, 0.717) is 0 Å². The van der Waals surface area contributed by atoms with Crippen molar-refractivity contribution in [1.82, 2.24) is 0 Å². The van der Waals surface area contributed by atoms with E-state index in [2.05, 4.69) is 121 Å². The molecule has 0 N–H and O–H groups in total. The van der Waals surface area contributed by atoms with Crippen LogP contribution in [0.5, 0.6) is 0 Å². The van der Waals surface area contributed by atoms with Gasteiger partial charge in [-0.15, -0.1) is 0 Å². The van der Waals surface area contributed by atoms with E-state index in [0.717, 1.165) is 11.1 Å². The first kappa shape index (κ1) is 16.8. The molecule has 0 radical (unpaired) electrons. The van der Waals surface area contributed by atoms with Crippen molar-refractivity contribution in [1.29, 1.82) is 0 Å². The molecule has 30 heavy (non-hydrogen) atoms. The van der Waals surface area contributed by atoms with Crippen molar-refractivity contribution < 1.29 is 0 Å². The summed E-state index contributed by atoms with van der Waals surface area (Å²) in [6.07, 6.45) is 0. The van der Waals surface area contributed by atoms with Gasteiger partial charge in [-0.3, -0.25) is 0 Å². The molecule has 6 aromatic carbocycles. The van der Waals surface area contributed by atoms with Gasteiger partial charge in [0.2, 0.25) is 0 Å². The maximum absolute atomic E-state index is 3.46. The van der Waals surface area contributed by atoms with Gasteiger partial charge < -0.3 is 0 Å².